The molecule has 0 radical (unpaired) electrons. The van der Waals surface area contributed by atoms with Crippen LogP contribution in [0.25, 0.3) is 0 Å². The summed E-state index contributed by atoms with van der Waals surface area (Å²) in [6, 6.07) is 15.7. The molecule has 2 aromatic heterocycles. The molecule has 4 saturated heterocycles. The van der Waals surface area contributed by atoms with Crippen LogP contribution in [0.3, 0.4) is 0 Å². The molecule has 11 heteroatoms. The molecule has 5 aliphatic rings. The third-order valence-electron chi connectivity index (χ3n) is 10.1. The number of nitrogens with one attached hydrogen (secondary N) is 1. The second kappa shape index (κ2) is 9.52. The quantitative estimate of drug-likeness (QED) is 0.465. The van der Waals surface area contributed by atoms with E-state index in [-0.39, 0.29) is 23.2 Å². The normalized spacial score (nSPS) is 29.2. The van der Waals surface area contributed by atoms with Crippen molar-refractivity contribution in [2.45, 2.75) is 62.8 Å². The number of piperazine rings is 1. The highest BCUT2D eigenvalue weighted by atomic mass is 16.6. The van der Waals surface area contributed by atoms with Crippen molar-refractivity contribution >= 4 is 40.9 Å². The number of benzene rings is 1. The maximum atomic E-state index is 12.3. The zero-order valence-corrected chi connectivity index (χ0v) is 25.2. The van der Waals surface area contributed by atoms with E-state index in [9.17, 15) is 4.79 Å². The summed E-state index contributed by atoms with van der Waals surface area (Å²) in [6.07, 6.45) is 3.61. The lowest BCUT2D eigenvalue weighted by atomic mass is 9.73. The maximum absolute atomic E-state index is 12.3. The van der Waals surface area contributed by atoms with Crippen molar-refractivity contribution in [2.24, 2.45) is 0 Å². The van der Waals surface area contributed by atoms with Crippen LogP contribution in [0.1, 0.15) is 39.2 Å². The molecule has 0 aliphatic carbocycles. The van der Waals surface area contributed by atoms with Crippen LogP contribution in [-0.2, 0) is 14.9 Å². The Labute approximate surface area is 251 Å². The predicted octanol–water partition coefficient (Wildman–Crippen LogP) is 4.44. The van der Waals surface area contributed by atoms with Gasteiger partial charge in [-0.25, -0.2) is 14.8 Å². The molecule has 0 saturated carbocycles. The van der Waals surface area contributed by atoms with Crippen molar-refractivity contribution in [2.75, 3.05) is 59.9 Å². The Kier molecular flexibility index (Phi) is 5.90. The summed E-state index contributed by atoms with van der Waals surface area (Å²) in [5.41, 5.74) is 2.62. The SMILES string of the molecule is CN1C[C@H]2C[C@@H]1CN2c1ccc(Nc2ncc3c(n2)N(c2cccc(N4CCOC4=O)n2)C2CC(C)(C)OC[C@]32C)cc1. The summed E-state index contributed by atoms with van der Waals surface area (Å²) >= 11 is 0. The largest absolute Gasteiger partial charge is 0.447 e. The van der Waals surface area contributed by atoms with Crippen LogP contribution in [0.2, 0.25) is 0 Å². The Morgan fingerprint density at radius 3 is 2.53 bits per heavy atom. The van der Waals surface area contributed by atoms with E-state index in [1.165, 1.54) is 12.1 Å². The molecule has 4 fully saturated rings. The highest BCUT2D eigenvalue weighted by molar-refractivity contribution is 5.88. The Bertz CT molecular complexity index is 1580. The lowest BCUT2D eigenvalue weighted by molar-refractivity contribution is -0.0893. The number of hydrogen-bond acceptors (Lipinski definition) is 10. The second-order valence-electron chi connectivity index (χ2n) is 13.4. The predicted molar refractivity (Wildman–Crippen MR) is 165 cm³/mol. The van der Waals surface area contributed by atoms with Crippen LogP contribution >= 0.6 is 0 Å². The summed E-state index contributed by atoms with van der Waals surface area (Å²) in [5, 5.41) is 3.44. The van der Waals surface area contributed by atoms with E-state index >= 15 is 0 Å². The Hall–Kier alpha value is -3.96. The van der Waals surface area contributed by atoms with E-state index in [0.717, 1.165) is 42.4 Å². The number of amides is 1. The molecule has 2 bridgehead atoms. The minimum atomic E-state index is -0.368. The minimum Gasteiger partial charge on any atom is -0.447 e. The van der Waals surface area contributed by atoms with Gasteiger partial charge >= 0.3 is 6.09 Å². The van der Waals surface area contributed by atoms with Gasteiger partial charge in [-0.1, -0.05) is 13.0 Å². The number of nitrogens with zero attached hydrogens (tertiary/aromatic N) is 7. The highest BCUT2D eigenvalue weighted by Crippen LogP contribution is 2.53. The number of pyridine rings is 1. The number of carbonyl (C=O) groups is 1. The number of carbonyl (C=O) groups excluding carboxylic acids is 1. The first-order valence-electron chi connectivity index (χ1n) is 15.2. The van der Waals surface area contributed by atoms with Gasteiger partial charge in [0, 0.05) is 53.7 Å². The number of hydrogen-bond donors (Lipinski definition) is 1. The Morgan fingerprint density at radius 2 is 1.81 bits per heavy atom. The second-order valence-corrected chi connectivity index (χ2v) is 13.4. The molecular formula is C32H38N8O3. The van der Waals surface area contributed by atoms with Crippen LogP contribution in [0.5, 0.6) is 0 Å². The number of aromatic nitrogens is 3. The molecule has 43 heavy (non-hydrogen) atoms. The van der Waals surface area contributed by atoms with Gasteiger partial charge in [0.25, 0.3) is 0 Å². The average molecular weight is 583 g/mol. The molecule has 0 spiro atoms. The first kappa shape index (κ1) is 26.7. The van der Waals surface area contributed by atoms with Crippen LogP contribution in [0.4, 0.5) is 39.6 Å². The fourth-order valence-corrected chi connectivity index (χ4v) is 7.61. The lowest BCUT2D eigenvalue weighted by Crippen LogP contribution is -2.54. The van der Waals surface area contributed by atoms with Crippen molar-refractivity contribution in [3.05, 3.63) is 54.2 Å². The first-order chi connectivity index (χ1) is 20.7. The summed E-state index contributed by atoms with van der Waals surface area (Å²) in [7, 11) is 2.23. The van der Waals surface area contributed by atoms with Crippen LogP contribution in [0.15, 0.2) is 48.7 Å². The number of likely N-dealkylation sites (tertiary alicyclic amines) is 1. The molecule has 7 heterocycles. The van der Waals surface area contributed by atoms with Crippen LogP contribution in [0, 0.1) is 0 Å². The maximum Gasteiger partial charge on any atom is 0.415 e. The third-order valence-corrected chi connectivity index (χ3v) is 10.1. The number of cyclic esters (lactones) is 1. The smallest absolute Gasteiger partial charge is 0.415 e. The van der Waals surface area contributed by atoms with E-state index in [0.29, 0.717) is 43.6 Å². The van der Waals surface area contributed by atoms with Crippen molar-refractivity contribution < 1.29 is 14.3 Å². The molecule has 1 N–H and O–H groups in total. The molecule has 4 atom stereocenters. The standard InChI is InChI=1S/C32H38N8O3/c1-31(2)15-25-32(3,19-43-31)24-16-33-29(34-20-8-10-21(11-9-20)39-18-22-14-23(39)17-37(22)4)36-28(24)40(25)27-7-5-6-26(35-27)38-12-13-42-30(38)41/h5-11,16,22-23,25H,12-15,17-19H2,1-4H3,(H,33,34,36)/t22-,23-,25?,32-/m1/s1. The van der Waals surface area contributed by atoms with Gasteiger partial charge in [-0.05, 0) is 70.1 Å². The molecule has 1 aromatic carbocycles. The monoisotopic (exact) mass is 582 g/mol. The molecule has 3 aromatic rings. The number of anilines is 6. The molecule has 8 rings (SSSR count). The molecule has 11 nitrogen and oxygen atoms in total. The zero-order valence-electron chi connectivity index (χ0n) is 25.2. The summed E-state index contributed by atoms with van der Waals surface area (Å²) in [5.74, 6) is 2.66. The third kappa shape index (κ3) is 4.31. The Balaban J connectivity index is 1.11. The van der Waals surface area contributed by atoms with Gasteiger partial charge in [-0.3, -0.25) is 9.80 Å². The van der Waals surface area contributed by atoms with Gasteiger partial charge in [-0.15, -0.1) is 0 Å². The van der Waals surface area contributed by atoms with Crippen molar-refractivity contribution in [3.63, 3.8) is 0 Å². The van der Waals surface area contributed by atoms with Crippen molar-refractivity contribution in [3.8, 4) is 0 Å². The summed E-state index contributed by atoms with van der Waals surface area (Å²) in [4.78, 5) is 36.0. The minimum absolute atomic E-state index is 0.0539. The van der Waals surface area contributed by atoms with Gasteiger partial charge < -0.3 is 24.6 Å². The van der Waals surface area contributed by atoms with Gasteiger partial charge in [-0.2, -0.15) is 4.98 Å². The zero-order chi connectivity index (χ0) is 29.5. The van der Waals surface area contributed by atoms with Gasteiger partial charge in [0.2, 0.25) is 5.95 Å². The average Bonchev–Trinajstić information content (AvgIpc) is 3.75. The molecule has 1 amide bonds. The number of fused-ring (bicyclic) bond motifs is 5. The number of rotatable bonds is 5. The topological polar surface area (TPSA) is 99.2 Å². The van der Waals surface area contributed by atoms with Crippen molar-refractivity contribution in [1.29, 1.82) is 0 Å². The lowest BCUT2D eigenvalue weighted by Gasteiger charge is -2.46. The van der Waals surface area contributed by atoms with E-state index in [2.05, 4.69) is 72.1 Å². The Morgan fingerprint density at radius 1 is 1.00 bits per heavy atom. The van der Waals surface area contributed by atoms with Crippen LogP contribution in [-0.4, -0.2) is 89.6 Å². The van der Waals surface area contributed by atoms with Crippen molar-refractivity contribution in [1.82, 2.24) is 19.9 Å². The fourth-order valence-electron chi connectivity index (χ4n) is 7.61. The van der Waals surface area contributed by atoms with Gasteiger partial charge in [0.15, 0.2) is 0 Å². The molecule has 224 valence electrons. The molecular weight excluding hydrogens is 544 g/mol. The van der Waals surface area contributed by atoms with E-state index in [1.54, 1.807) is 4.90 Å². The van der Waals surface area contributed by atoms with Gasteiger partial charge in [0.05, 0.1) is 24.8 Å². The van der Waals surface area contributed by atoms with E-state index < -0.39 is 0 Å². The van der Waals surface area contributed by atoms with Gasteiger partial charge in [0.1, 0.15) is 24.1 Å². The van der Waals surface area contributed by atoms with E-state index in [4.69, 9.17) is 24.4 Å². The summed E-state index contributed by atoms with van der Waals surface area (Å²) < 4.78 is 11.5. The highest BCUT2D eigenvalue weighted by Gasteiger charge is 2.55. The summed E-state index contributed by atoms with van der Waals surface area (Å²) in [6.45, 7) is 10.1. The number of ether oxygens (including phenoxy) is 2. The fraction of sp³-hybridized carbons (Fsp3) is 0.500. The first-order valence-corrected chi connectivity index (χ1v) is 15.2. The molecule has 1 unspecified atom stereocenters. The molecule has 5 aliphatic heterocycles. The van der Waals surface area contributed by atoms with Crippen LogP contribution < -0.4 is 20.0 Å². The van der Waals surface area contributed by atoms with E-state index in [1.807, 2.05) is 24.4 Å². The number of likely N-dealkylation sites (N-methyl/N-ethyl adjacent to an activating group) is 1.